The first-order valence-electron chi connectivity index (χ1n) is 8.29. The molecule has 0 bridgehead atoms. The van der Waals surface area contributed by atoms with Crippen LogP contribution in [-0.2, 0) is 4.79 Å². The maximum absolute atomic E-state index is 12.2. The molecule has 134 valence electrons. The minimum absolute atomic E-state index is 0.176. The highest BCUT2D eigenvalue weighted by Crippen LogP contribution is 2.25. The number of hydrogen-bond donors (Lipinski definition) is 1. The number of para-hydroxylation sites is 2. The van der Waals surface area contributed by atoms with Crippen LogP contribution >= 0.6 is 0 Å². The van der Waals surface area contributed by atoms with Crippen LogP contribution in [0.4, 0.5) is 0 Å². The molecule has 2 aromatic rings. The van der Waals surface area contributed by atoms with Gasteiger partial charge in [-0.2, -0.15) is 0 Å². The largest absolute Gasteiger partial charge is 0.493 e. The molecule has 0 aliphatic carbocycles. The summed E-state index contributed by atoms with van der Waals surface area (Å²) < 4.78 is 16.6. The van der Waals surface area contributed by atoms with Crippen molar-refractivity contribution in [3.8, 4) is 17.2 Å². The molecule has 25 heavy (non-hydrogen) atoms. The molecule has 2 aromatic carbocycles. The Morgan fingerprint density at radius 2 is 1.72 bits per heavy atom. The Kier molecular flexibility index (Phi) is 6.69. The zero-order chi connectivity index (χ0) is 18.2. The first kappa shape index (κ1) is 18.6. The molecule has 0 saturated heterocycles. The molecule has 5 nitrogen and oxygen atoms in total. The molecule has 0 aliphatic heterocycles. The second-order valence-corrected chi connectivity index (χ2v) is 5.75. The Hall–Kier alpha value is -2.69. The lowest BCUT2D eigenvalue weighted by molar-refractivity contribution is -0.127. The number of methoxy groups -OCH3 is 1. The zero-order valence-corrected chi connectivity index (χ0v) is 15.2. The van der Waals surface area contributed by atoms with E-state index in [1.165, 1.54) is 0 Å². The lowest BCUT2D eigenvalue weighted by Gasteiger charge is -2.17. The number of ether oxygens (including phenoxy) is 3. The summed E-state index contributed by atoms with van der Waals surface area (Å²) in [6.45, 7) is 6.47. The van der Waals surface area contributed by atoms with Gasteiger partial charge in [-0.25, -0.2) is 0 Å². The van der Waals surface area contributed by atoms with Crippen LogP contribution in [0.3, 0.4) is 0 Å². The van der Waals surface area contributed by atoms with E-state index in [2.05, 4.69) is 5.32 Å². The molecule has 0 spiro atoms. The number of carbonyl (C=O) groups excluding carboxylic acids is 1. The molecule has 0 fully saturated rings. The van der Waals surface area contributed by atoms with Gasteiger partial charge in [0.2, 0.25) is 0 Å². The molecule has 5 heteroatoms. The third kappa shape index (κ3) is 5.14. The molecule has 0 unspecified atom stereocenters. The number of rotatable bonds is 8. The number of benzene rings is 2. The van der Waals surface area contributed by atoms with E-state index in [9.17, 15) is 4.79 Å². The fourth-order valence-corrected chi connectivity index (χ4v) is 2.31. The fourth-order valence-electron chi connectivity index (χ4n) is 2.31. The van der Waals surface area contributed by atoms with Crippen LogP contribution in [0.25, 0.3) is 0 Å². The Labute approximate surface area is 148 Å². The van der Waals surface area contributed by atoms with Crippen molar-refractivity contribution in [2.75, 3.05) is 20.3 Å². The van der Waals surface area contributed by atoms with Gasteiger partial charge in [0.25, 0.3) is 5.91 Å². The third-order valence-corrected chi connectivity index (χ3v) is 3.96. The van der Waals surface area contributed by atoms with Gasteiger partial charge in [0.1, 0.15) is 12.4 Å². The van der Waals surface area contributed by atoms with Gasteiger partial charge >= 0.3 is 0 Å². The van der Waals surface area contributed by atoms with Gasteiger partial charge in [-0.1, -0.05) is 24.3 Å². The first-order chi connectivity index (χ1) is 12.0. The van der Waals surface area contributed by atoms with Crippen LogP contribution < -0.4 is 19.5 Å². The highest BCUT2D eigenvalue weighted by Gasteiger charge is 2.15. The Balaban J connectivity index is 1.79. The molecule has 0 saturated carbocycles. The second-order valence-electron chi connectivity index (χ2n) is 5.75. The van der Waals surface area contributed by atoms with E-state index in [0.29, 0.717) is 24.7 Å². The Morgan fingerprint density at radius 1 is 1.04 bits per heavy atom. The second kappa shape index (κ2) is 8.97. The maximum atomic E-state index is 12.2. The normalized spacial score (nSPS) is 11.5. The van der Waals surface area contributed by atoms with E-state index in [0.717, 1.165) is 16.9 Å². The Bertz CT molecular complexity index is 715. The predicted octanol–water partition coefficient (Wildman–Crippen LogP) is 3.27. The van der Waals surface area contributed by atoms with Crippen molar-refractivity contribution < 1.29 is 19.0 Å². The molecule has 0 aliphatic rings. The van der Waals surface area contributed by atoms with Crippen LogP contribution in [0.5, 0.6) is 17.2 Å². The quantitative estimate of drug-likeness (QED) is 0.748. The molecule has 1 atom stereocenters. The van der Waals surface area contributed by atoms with E-state index in [1.807, 2.05) is 56.3 Å². The van der Waals surface area contributed by atoms with Crippen molar-refractivity contribution in [1.29, 1.82) is 0 Å². The van der Waals surface area contributed by atoms with Gasteiger partial charge in [-0.15, -0.1) is 0 Å². The number of hydrogen-bond acceptors (Lipinski definition) is 4. The van der Waals surface area contributed by atoms with Crippen molar-refractivity contribution in [3.63, 3.8) is 0 Å². The molecule has 0 heterocycles. The minimum Gasteiger partial charge on any atom is -0.493 e. The van der Waals surface area contributed by atoms with Crippen LogP contribution in [-0.4, -0.2) is 32.3 Å². The maximum Gasteiger partial charge on any atom is 0.260 e. The molecule has 2 rings (SSSR count). The molecule has 1 N–H and O–H groups in total. The molecule has 0 aromatic heterocycles. The van der Waals surface area contributed by atoms with E-state index < -0.39 is 6.10 Å². The average Bonchev–Trinajstić information content (AvgIpc) is 2.62. The van der Waals surface area contributed by atoms with E-state index >= 15 is 0 Å². The van der Waals surface area contributed by atoms with E-state index in [1.54, 1.807) is 14.0 Å². The smallest absolute Gasteiger partial charge is 0.260 e. The molecule has 0 radical (unpaired) electrons. The summed E-state index contributed by atoms with van der Waals surface area (Å²) in [5.41, 5.74) is 2.18. The number of nitrogens with one attached hydrogen (secondary N) is 1. The number of amides is 1. The standard InChI is InChI=1S/C20H25NO4/c1-14-8-7-11-17(15(14)2)25-16(3)20(22)21-12-13-24-19-10-6-5-9-18(19)23-4/h5-11,16H,12-13H2,1-4H3,(H,21,22)/t16-/m0/s1. The SMILES string of the molecule is COc1ccccc1OCCNC(=O)[C@H](C)Oc1cccc(C)c1C. The lowest BCUT2D eigenvalue weighted by Crippen LogP contribution is -2.38. The fraction of sp³-hybridized carbons (Fsp3) is 0.350. The van der Waals surface area contributed by atoms with E-state index in [4.69, 9.17) is 14.2 Å². The topological polar surface area (TPSA) is 56.8 Å². The molecular formula is C20H25NO4. The monoisotopic (exact) mass is 343 g/mol. The van der Waals surface area contributed by atoms with Gasteiger partial charge in [0.05, 0.1) is 13.7 Å². The predicted molar refractivity (Wildman–Crippen MR) is 97.5 cm³/mol. The summed E-state index contributed by atoms with van der Waals surface area (Å²) in [6.07, 6.45) is -0.577. The minimum atomic E-state index is -0.577. The average molecular weight is 343 g/mol. The number of carbonyl (C=O) groups is 1. The number of aryl methyl sites for hydroxylation is 1. The summed E-state index contributed by atoms with van der Waals surface area (Å²) in [5, 5.41) is 2.81. The summed E-state index contributed by atoms with van der Waals surface area (Å²) in [7, 11) is 1.59. The van der Waals surface area contributed by atoms with Crippen molar-refractivity contribution in [1.82, 2.24) is 5.32 Å². The summed E-state index contributed by atoms with van der Waals surface area (Å²) in [5.74, 6) is 1.87. The van der Waals surface area contributed by atoms with Crippen molar-refractivity contribution in [3.05, 3.63) is 53.6 Å². The van der Waals surface area contributed by atoms with Gasteiger partial charge < -0.3 is 19.5 Å². The van der Waals surface area contributed by atoms with E-state index in [-0.39, 0.29) is 5.91 Å². The van der Waals surface area contributed by atoms with Gasteiger partial charge in [-0.05, 0) is 50.1 Å². The summed E-state index contributed by atoms with van der Waals surface area (Å²) >= 11 is 0. The van der Waals surface area contributed by atoms with Crippen molar-refractivity contribution >= 4 is 5.91 Å². The zero-order valence-electron chi connectivity index (χ0n) is 15.2. The van der Waals surface area contributed by atoms with Crippen LogP contribution in [0.2, 0.25) is 0 Å². The summed E-state index contributed by atoms with van der Waals surface area (Å²) in [4.78, 5) is 12.2. The van der Waals surface area contributed by atoms with Crippen LogP contribution in [0, 0.1) is 13.8 Å². The van der Waals surface area contributed by atoms with Crippen molar-refractivity contribution in [2.45, 2.75) is 26.9 Å². The van der Waals surface area contributed by atoms with Gasteiger partial charge in [-0.3, -0.25) is 4.79 Å². The molecule has 1 amide bonds. The van der Waals surface area contributed by atoms with Gasteiger partial charge in [0.15, 0.2) is 17.6 Å². The highest BCUT2D eigenvalue weighted by atomic mass is 16.5. The molecular weight excluding hydrogens is 318 g/mol. The first-order valence-corrected chi connectivity index (χ1v) is 8.29. The lowest BCUT2D eigenvalue weighted by atomic mass is 10.1. The van der Waals surface area contributed by atoms with Crippen molar-refractivity contribution in [2.24, 2.45) is 0 Å². The van der Waals surface area contributed by atoms with Gasteiger partial charge in [0, 0.05) is 0 Å². The third-order valence-electron chi connectivity index (χ3n) is 3.96. The summed E-state index contributed by atoms with van der Waals surface area (Å²) in [6, 6.07) is 13.2. The van der Waals surface area contributed by atoms with Crippen LogP contribution in [0.1, 0.15) is 18.1 Å². The van der Waals surface area contributed by atoms with Crippen LogP contribution in [0.15, 0.2) is 42.5 Å². The highest BCUT2D eigenvalue weighted by molar-refractivity contribution is 5.80. The Morgan fingerprint density at radius 3 is 2.44 bits per heavy atom.